The van der Waals surface area contributed by atoms with Crippen LogP contribution in [0.3, 0.4) is 0 Å². The number of nitro groups is 1. The molecule has 0 bridgehead atoms. The maximum Gasteiger partial charge on any atom is 0.295 e. The summed E-state index contributed by atoms with van der Waals surface area (Å²) in [4.78, 5) is 10.6. The van der Waals surface area contributed by atoms with E-state index < -0.39 is 14.9 Å². The molecule has 0 atom stereocenters. The lowest BCUT2D eigenvalue weighted by Crippen LogP contribution is -2.27. The molecule has 1 heterocycles. The highest BCUT2D eigenvalue weighted by atomic mass is 32.2. The van der Waals surface area contributed by atoms with Crippen LogP contribution < -0.4 is 5.43 Å². The molecule has 3 rings (SSSR count). The molecule has 144 valence electrons. The van der Waals surface area contributed by atoms with Crippen LogP contribution in [0, 0.1) is 21.4 Å². The van der Waals surface area contributed by atoms with Gasteiger partial charge in [0.2, 0.25) is 10.0 Å². The van der Waals surface area contributed by atoms with Crippen molar-refractivity contribution in [2.24, 2.45) is 5.10 Å². The Balaban J connectivity index is 1.82. The number of hydrazone groups is 1. The molecule has 0 radical (unpaired) electrons. The molecule has 28 heavy (non-hydrogen) atoms. The number of rotatable bonds is 6. The number of nitrogens with one attached hydrogen (secondary N) is 1. The smallest absolute Gasteiger partial charge is 0.272 e. The summed E-state index contributed by atoms with van der Waals surface area (Å²) in [6.45, 7) is 0.843. The van der Waals surface area contributed by atoms with E-state index in [2.05, 4.69) is 10.5 Å². The third-order valence-electron chi connectivity index (χ3n) is 4.31. The van der Waals surface area contributed by atoms with Crippen LogP contribution in [-0.2, 0) is 10.0 Å². The zero-order valence-corrected chi connectivity index (χ0v) is 15.6. The van der Waals surface area contributed by atoms with E-state index in [4.69, 9.17) is 5.26 Å². The second-order valence-electron chi connectivity index (χ2n) is 6.15. The Morgan fingerprint density at radius 2 is 1.86 bits per heavy atom. The molecule has 0 aromatic heterocycles. The Morgan fingerprint density at radius 1 is 1.18 bits per heavy atom. The SMILES string of the molecule is N#Cc1ccc(C=NNc2ccc(S(=O)(=O)N3CCCC3)cc2[N+](=O)[O-])cc1. The second-order valence-corrected chi connectivity index (χ2v) is 8.09. The first kappa shape index (κ1) is 19.5. The fourth-order valence-electron chi connectivity index (χ4n) is 2.82. The number of anilines is 1. The van der Waals surface area contributed by atoms with Crippen LogP contribution in [0.4, 0.5) is 11.4 Å². The van der Waals surface area contributed by atoms with Crippen molar-refractivity contribution in [3.05, 3.63) is 63.7 Å². The predicted octanol–water partition coefficient (Wildman–Crippen LogP) is 2.70. The number of nitro benzene ring substituents is 1. The van der Waals surface area contributed by atoms with Crippen LogP contribution >= 0.6 is 0 Å². The molecule has 0 spiro atoms. The monoisotopic (exact) mass is 399 g/mol. The van der Waals surface area contributed by atoms with E-state index in [-0.39, 0.29) is 16.3 Å². The van der Waals surface area contributed by atoms with Crippen LogP contribution in [-0.4, -0.2) is 37.0 Å². The lowest BCUT2D eigenvalue weighted by Gasteiger charge is -2.15. The number of benzene rings is 2. The molecule has 1 fully saturated rings. The minimum absolute atomic E-state index is 0.0790. The van der Waals surface area contributed by atoms with E-state index in [1.807, 2.05) is 6.07 Å². The molecule has 10 heteroatoms. The van der Waals surface area contributed by atoms with Crippen molar-refractivity contribution >= 4 is 27.6 Å². The highest BCUT2D eigenvalue weighted by Gasteiger charge is 2.29. The molecule has 1 aliphatic rings. The summed E-state index contributed by atoms with van der Waals surface area (Å²) in [6, 6.07) is 12.3. The first-order chi connectivity index (χ1) is 13.4. The molecule has 0 unspecified atom stereocenters. The van der Waals surface area contributed by atoms with Crippen LogP contribution in [0.2, 0.25) is 0 Å². The average Bonchev–Trinajstić information content (AvgIpc) is 3.24. The Labute approximate surface area is 162 Å². The summed E-state index contributed by atoms with van der Waals surface area (Å²) in [5.74, 6) is 0. The van der Waals surface area contributed by atoms with Crippen molar-refractivity contribution < 1.29 is 13.3 Å². The summed E-state index contributed by atoms with van der Waals surface area (Å²) in [5, 5.41) is 24.1. The van der Waals surface area contributed by atoms with Gasteiger partial charge in [0, 0.05) is 19.2 Å². The third kappa shape index (κ3) is 4.16. The largest absolute Gasteiger partial charge is 0.295 e. The second kappa shape index (κ2) is 8.16. The van der Waals surface area contributed by atoms with E-state index >= 15 is 0 Å². The van der Waals surface area contributed by atoms with Crippen LogP contribution in [0.5, 0.6) is 0 Å². The number of nitrogens with zero attached hydrogens (tertiary/aromatic N) is 4. The zero-order chi connectivity index (χ0) is 20.1. The zero-order valence-electron chi connectivity index (χ0n) is 14.8. The Bertz CT molecular complexity index is 1050. The van der Waals surface area contributed by atoms with E-state index in [9.17, 15) is 18.5 Å². The van der Waals surface area contributed by atoms with Crippen molar-refractivity contribution in [3.63, 3.8) is 0 Å². The molecule has 9 nitrogen and oxygen atoms in total. The van der Waals surface area contributed by atoms with Crippen molar-refractivity contribution in [2.75, 3.05) is 18.5 Å². The normalized spacial score (nSPS) is 14.8. The van der Waals surface area contributed by atoms with Crippen LogP contribution in [0.15, 0.2) is 52.5 Å². The van der Waals surface area contributed by atoms with Gasteiger partial charge in [-0.05, 0) is 42.7 Å². The standard InChI is InChI=1S/C18H17N5O4S/c19-12-14-3-5-15(6-4-14)13-20-21-17-8-7-16(11-18(17)23(24)25)28(26,27)22-9-1-2-10-22/h3-8,11,13,21H,1-2,9-10H2. The number of nitriles is 1. The van der Waals surface area contributed by atoms with Gasteiger partial charge in [-0.25, -0.2) is 8.42 Å². The van der Waals surface area contributed by atoms with E-state index in [0.717, 1.165) is 18.9 Å². The highest BCUT2D eigenvalue weighted by Crippen LogP contribution is 2.30. The number of hydrogen-bond acceptors (Lipinski definition) is 7. The van der Waals surface area contributed by atoms with Gasteiger partial charge in [0.25, 0.3) is 5.69 Å². The summed E-state index contributed by atoms with van der Waals surface area (Å²) in [5.41, 5.74) is 3.48. The Kier molecular flexibility index (Phi) is 5.67. The van der Waals surface area contributed by atoms with Gasteiger partial charge in [0.05, 0.1) is 27.7 Å². The molecule has 1 saturated heterocycles. The van der Waals surface area contributed by atoms with Gasteiger partial charge in [0.15, 0.2) is 0 Å². The molecular formula is C18H17N5O4S. The van der Waals surface area contributed by atoms with Gasteiger partial charge in [0.1, 0.15) is 5.69 Å². The van der Waals surface area contributed by atoms with Crippen molar-refractivity contribution in [3.8, 4) is 6.07 Å². The van der Waals surface area contributed by atoms with Gasteiger partial charge in [-0.15, -0.1) is 0 Å². The molecule has 1 N–H and O–H groups in total. The van der Waals surface area contributed by atoms with Gasteiger partial charge >= 0.3 is 0 Å². The first-order valence-electron chi connectivity index (χ1n) is 8.49. The lowest BCUT2D eigenvalue weighted by molar-refractivity contribution is -0.384. The molecule has 1 aliphatic heterocycles. The number of hydrogen-bond donors (Lipinski definition) is 1. The first-order valence-corrected chi connectivity index (χ1v) is 9.93. The summed E-state index contributed by atoms with van der Waals surface area (Å²) in [7, 11) is -3.75. The Hall–Kier alpha value is -3.29. The molecule has 0 saturated carbocycles. The number of sulfonamides is 1. The molecule has 0 aliphatic carbocycles. The van der Waals surface area contributed by atoms with E-state index in [1.54, 1.807) is 24.3 Å². The van der Waals surface area contributed by atoms with E-state index in [0.29, 0.717) is 24.2 Å². The van der Waals surface area contributed by atoms with Gasteiger partial charge in [-0.2, -0.15) is 14.7 Å². The van der Waals surface area contributed by atoms with Crippen molar-refractivity contribution in [1.29, 1.82) is 5.26 Å². The molecule has 2 aromatic rings. The van der Waals surface area contributed by atoms with Gasteiger partial charge in [-0.3, -0.25) is 15.5 Å². The fourth-order valence-corrected chi connectivity index (χ4v) is 4.35. The van der Waals surface area contributed by atoms with Crippen molar-refractivity contribution in [1.82, 2.24) is 4.31 Å². The van der Waals surface area contributed by atoms with Crippen LogP contribution in [0.1, 0.15) is 24.0 Å². The predicted molar refractivity (Wildman–Crippen MR) is 103 cm³/mol. The van der Waals surface area contributed by atoms with Crippen LogP contribution in [0.25, 0.3) is 0 Å². The third-order valence-corrected chi connectivity index (χ3v) is 6.20. The maximum absolute atomic E-state index is 12.6. The fraction of sp³-hybridized carbons (Fsp3) is 0.222. The van der Waals surface area contributed by atoms with Crippen molar-refractivity contribution in [2.45, 2.75) is 17.7 Å². The minimum Gasteiger partial charge on any atom is -0.272 e. The minimum atomic E-state index is -3.75. The van der Waals surface area contributed by atoms with E-state index in [1.165, 1.54) is 22.7 Å². The molecular weight excluding hydrogens is 382 g/mol. The summed E-state index contributed by atoms with van der Waals surface area (Å²) in [6.07, 6.45) is 3.01. The van der Waals surface area contributed by atoms with Gasteiger partial charge < -0.3 is 0 Å². The maximum atomic E-state index is 12.6. The average molecular weight is 399 g/mol. The van der Waals surface area contributed by atoms with Gasteiger partial charge in [-0.1, -0.05) is 12.1 Å². The highest BCUT2D eigenvalue weighted by molar-refractivity contribution is 7.89. The quantitative estimate of drug-likeness (QED) is 0.452. The topological polar surface area (TPSA) is 129 Å². The molecule has 0 amide bonds. The summed E-state index contributed by atoms with van der Waals surface area (Å²) < 4.78 is 26.5. The molecule has 2 aromatic carbocycles. The summed E-state index contributed by atoms with van der Waals surface area (Å²) >= 11 is 0. The Morgan fingerprint density at radius 3 is 2.46 bits per heavy atom. The lowest BCUT2D eigenvalue weighted by atomic mass is 10.2.